The number of anilines is 2. The first-order valence-corrected chi connectivity index (χ1v) is 6.29. The molecular formula is C13H20N4O2. The highest BCUT2D eigenvalue weighted by Crippen LogP contribution is 2.11. The number of nitrogens with two attached hydrogens (primary N) is 1. The molecule has 19 heavy (non-hydrogen) atoms. The Balaban J connectivity index is 2.23. The minimum atomic E-state index is -0.353. The van der Waals surface area contributed by atoms with Gasteiger partial charge in [-0.1, -0.05) is 13.0 Å². The Morgan fingerprint density at radius 2 is 2.00 bits per heavy atom. The highest BCUT2D eigenvalue weighted by atomic mass is 16.2. The molecule has 104 valence electrons. The molecule has 0 saturated carbocycles. The van der Waals surface area contributed by atoms with Gasteiger partial charge in [-0.3, -0.25) is 4.79 Å². The van der Waals surface area contributed by atoms with Gasteiger partial charge in [0.05, 0.1) is 0 Å². The van der Waals surface area contributed by atoms with Gasteiger partial charge in [0.2, 0.25) is 5.91 Å². The second kappa shape index (κ2) is 7.97. The number of hydrogen-bond donors (Lipinski definition) is 4. The maximum atomic E-state index is 11.5. The largest absolute Gasteiger partial charge is 0.399 e. The van der Waals surface area contributed by atoms with E-state index in [1.165, 1.54) is 0 Å². The molecule has 0 bridgehead atoms. The number of urea groups is 1. The van der Waals surface area contributed by atoms with E-state index in [-0.39, 0.29) is 18.4 Å². The van der Waals surface area contributed by atoms with Crippen molar-refractivity contribution in [3.63, 3.8) is 0 Å². The molecule has 0 aliphatic heterocycles. The fourth-order valence-corrected chi connectivity index (χ4v) is 1.43. The first-order valence-electron chi connectivity index (χ1n) is 6.29. The third kappa shape index (κ3) is 6.30. The molecule has 0 aliphatic rings. The molecule has 0 unspecified atom stereocenters. The predicted molar refractivity (Wildman–Crippen MR) is 75.8 cm³/mol. The summed E-state index contributed by atoms with van der Waals surface area (Å²) in [5.41, 5.74) is 6.79. The van der Waals surface area contributed by atoms with Crippen LogP contribution < -0.4 is 21.7 Å². The number of hydrogen-bond acceptors (Lipinski definition) is 3. The Kier molecular flexibility index (Phi) is 6.21. The van der Waals surface area contributed by atoms with Crippen molar-refractivity contribution in [2.45, 2.75) is 19.8 Å². The van der Waals surface area contributed by atoms with Gasteiger partial charge in [0.25, 0.3) is 0 Å². The minimum Gasteiger partial charge on any atom is -0.399 e. The van der Waals surface area contributed by atoms with Crippen molar-refractivity contribution < 1.29 is 9.59 Å². The van der Waals surface area contributed by atoms with Gasteiger partial charge in [-0.05, 0) is 24.6 Å². The van der Waals surface area contributed by atoms with Crippen molar-refractivity contribution >= 4 is 23.3 Å². The SMILES string of the molecule is CCCNC(=O)CCNC(=O)Nc1cccc(N)c1. The van der Waals surface area contributed by atoms with E-state index in [1.807, 2.05) is 6.92 Å². The number of nitrogens with one attached hydrogen (secondary N) is 3. The quantitative estimate of drug-likeness (QED) is 0.583. The molecule has 0 aliphatic carbocycles. The number of nitrogen functional groups attached to an aromatic ring is 1. The summed E-state index contributed by atoms with van der Waals surface area (Å²) in [5, 5.41) is 7.98. The predicted octanol–water partition coefficient (Wildman–Crippen LogP) is 1.31. The molecule has 5 N–H and O–H groups in total. The Labute approximate surface area is 112 Å². The van der Waals surface area contributed by atoms with E-state index in [1.54, 1.807) is 24.3 Å². The molecule has 0 aromatic heterocycles. The van der Waals surface area contributed by atoms with Crippen molar-refractivity contribution in [2.24, 2.45) is 0 Å². The molecule has 0 heterocycles. The van der Waals surface area contributed by atoms with Gasteiger partial charge in [0, 0.05) is 30.9 Å². The Morgan fingerprint density at radius 3 is 2.68 bits per heavy atom. The molecule has 6 nitrogen and oxygen atoms in total. The molecular weight excluding hydrogens is 244 g/mol. The lowest BCUT2D eigenvalue weighted by molar-refractivity contribution is -0.120. The van der Waals surface area contributed by atoms with Gasteiger partial charge in [0.15, 0.2) is 0 Å². The zero-order chi connectivity index (χ0) is 14.1. The summed E-state index contributed by atoms with van der Waals surface area (Å²) in [6, 6.07) is 6.54. The lowest BCUT2D eigenvalue weighted by Crippen LogP contribution is -2.33. The van der Waals surface area contributed by atoms with Crippen molar-refractivity contribution in [1.29, 1.82) is 0 Å². The second-order valence-corrected chi connectivity index (χ2v) is 4.11. The number of benzene rings is 1. The Hall–Kier alpha value is -2.24. The molecule has 0 radical (unpaired) electrons. The second-order valence-electron chi connectivity index (χ2n) is 4.11. The van der Waals surface area contributed by atoms with Gasteiger partial charge in [-0.15, -0.1) is 0 Å². The van der Waals surface area contributed by atoms with Crippen molar-refractivity contribution in [3.8, 4) is 0 Å². The van der Waals surface area contributed by atoms with Crippen molar-refractivity contribution in [2.75, 3.05) is 24.1 Å². The summed E-state index contributed by atoms with van der Waals surface area (Å²) in [7, 11) is 0. The molecule has 0 atom stereocenters. The summed E-state index contributed by atoms with van der Waals surface area (Å²) in [4.78, 5) is 22.8. The normalized spacial score (nSPS) is 9.74. The Bertz CT molecular complexity index is 434. The molecule has 1 aromatic rings. The van der Waals surface area contributed by atoms with E-state index in [0.717, 1.165) is 6.42 Å². The number of rotatable bonds is 6. The van der Waals surface area contributed by atoms with Crippen LogP contribution in [-0.2, 0) is 4.79 Å². The van der Waals surface area contributed by atoms with E-state index in [0.29, 0.717) is 24.5 Å². The van der Waals surface area contributed by atoms with E-state index < -0.39 is 0 Å². The maximum Gasteiger partial charge on any atom is 0.319 e. The molecule has 0 spiro atoms. The van der Waals surface area contributed by atoms with E-state index in [4.69, 9.17) is 5.73 Å². The van der Waals surface area contributed by atoms with Gasteiger partial charge in [-0.2, -0.15) is 0 Å². The van der Waals surface area contributed by atoms with Crippen molar-refractivity contribution in [3.05, 3.63) is 24.3 Å². The van der Waals surface area contributed by atoms with Gasteiger partial charge in [0.1, 0.15) is 0 Å². The smallest absolute Gasteiger partial charge is 0.319 e. The van der Waals surface area contributed by atoms with Crippen LogP contribution in [0.2, 0.25) is 0 Å². The fraction of sp³-hybridized carbons (Fsp3) is 0.385. The zero-order valence-corrected chi connectivity index (χ0v) is 11.0. The highest BCUT2D eigenvalue weighted by molar-refractivity contribution is 5.90. The summed E-state index contributed by atoms with van der Waals surface area (Å²) in [6.45, 7) is 2.94. The Morgan fingerprint density at radius 1 is 1.21 bits per heavy atom. The lowest BCUT2D eigenvalue weighted by atomic mass is 10.3. The first kappa shape index (κ1) is 14.8. The van der Waals surface area contributed by atoms with E-state index in [9.17, 15) is 9.59 Å². The third-order valence-corrected chi connectivity index (χ3v) is 2.35. The molecule has 0 saturated heterocycles. The topological polar surface area (TPSA) is 96.2 Å². The van der Waals surface area contributed by atoms with Crippen LogP contribution in [0.5, 0.6) is 0 Å². The van der Waals surface area contributed by atoms with Crippen LogP contribution in [0.1, 0.15) is 19.8 Å². The lowest BCUT2D eigenvalue weighted by Gasteiger charge is -2.08. The van der Waals surface area contributed by atoms with Crippen LogP contribution in [0.3, 0.4) is 0 Å². The number of carbonyl (C=O) groups is 2. The summed E-state index contributed by atoms with van der Waals surface area (Å²) < 4.78 is 0. The van der Waals surface area contributed by atoms with E-state index >= 15 is 0 Å². The van der Waals surface area contributed by atoms with Gasteiger partial charge >= 0.3 is 6.03 Å². The van der Waals surface area contributed by atoms with Crippen LogP contribution >= 0.6 is 0 Å². The maximum absolute atomic E-state index is 11.5. The third-order valence-electron chi connectivity index (χ3n) is 2.35. The van der Waals surface area contributed by atoms with Crippen LogP contribution in [0.25, 0.3) is 0 Å². The standard InChI is InChI=1S/C13H20N4O2/c1-2-7-15-12(18)6-8-16-13(19)17-11-5-3-4-10(14)9-11/h3-5,9H,2,6-8,14H2,1H3,(H,15,18)(H2,16,17,19). The van der Waals surface area contributed by atoms with Crippen LogP contribution in [0.4, 0.5) is 16.2 Å². The number of amides is 3. The first-order chi connectivity index (χ1) is 9.11. The summed E-state index contributed by atoms with van der Waals surface area (Å²) in [5.74, 6) is -0.0638. The van der Waals surface area contributed by atoms with Crippen LogP contribution in [0.15, 0.2) is 24.3 Å². The van der Waals surface area contributed by atoms with Gasteiger partial charge in [-0.25, -0.2) is 4.79 Å². The summed E-state index contributed by atoms with van der Waals surface area (Å²) >= 11 is 0. The average molecular weight is 264 g/mol. The van der Waals surface area contributed by atoms with Crippen LogP contribution in [0, 0.1) is 0 Å². The molecule has 3 amide bonds. The average Bonchev–Trinajstić information content (AvgIpc) is 2.36. The minimum absolute atomic E-state index is 0.0638. The zero-order valence-electron chi connectivity index (χ0n) is 11.0. The highest BCUT2D eigenvalue weighted by Gasteiger charge is 2.03. The molecule has 1 rings (SSSR count). The van der Waals surface area contributed by atoms with Gasteiger partial charge < -0.3 is 21.7 Å². The van der Waals surface area contributed by atoms with Crippen LogP contribution in [-0.4, -0.2) is 25.0 Å². The van der Waals surface area contributed by atoms with Crippen molar-refractivity contribution in [1.82, 2.24) is 10.6 Å². The summed E-state index contributed by atoms with van der Waals surface area (Å²) in [6.07, 6.45) is 1.17. The fourth-order valence-electron chi connectivity index (χ4n) is 1.43. The molecule has 1 aromatic carbocycles. The number of carbonyl (C=O) groups excluding carboxylic acids is 2. The molecule has 6 heteroatoms. The van der Waals surface area contributed by atoms with E-state index in [2.05, 4.69) is 16.0 Å². The molecule has 0 fully saturated rings. The monoisotopic (exact) mass is 264 g/mol.